The molecule has 3 rings (SSSR count). The van der Waals surface area contributed by atoms with E-state index in [4.69, 9.17) is 0 Å². The van der Waals surface area contributed by atoms with E-state index < -0.39 is 0 Å². The Kier molecular flexibility index (Phi) is 5.86. The summed E-state index contributed by atoms with van der Waals surface area (Å²) >= 11 is 0. The van der Waals surface area contributed by atoms with Crippen LogP contribution in [0.25, 0.3) is 10.8 Å². The highest BCUT2D eigenvalue weighted by atomic mass is 16.2. The first-order valence-electron chi connectivity index (χ1n) is 9.09. The molecule has 3 aromatic rings. The Morgan fingerprint density at radius 3 is 2.74 bits per heavy atom. The molecule has 0 aliphatic carbocycles. The summed E-state index contributed by atoms with van der Waals surface area (Å²) in [4.78, 5) is 23.6. The topological polar surface area (TPSA) is 86.9 Å². The predicted octanol–water partition coefficient (Wildman–Crippen LogP) is 3.37. The maximum absolute atomic E-state index is 12.6. The number of benzene rings is 2. The molecule has 0 radical (unpaired) electrons. The third-order valence-corrected chi connectivity index (χ3v) is 4.65. The van der Waals surface area contributed by atoms with Crippen LogP contribution >= 0.6 is 0 Å². The molecule has 2 amide bonds. The van der Waals surface area contributed by atoms with Crippen LogP contribution < -0.4 is 10.6 Å². The van der Waals surface area contributed by atoms with Gasteiger partial charge in [0, 0.05) is 19.0 Å². The molecule has 1 aromatic heterocycles. The van der Waals surface area contributed by atoms with Crippen molar-refractivity contribution in [2.75, 3.05) is 11.9 Å². The van der Waals surface area contributed by atoms with Gasteiger partial charge in [0.05, 0.1) is 12.6 Å². The summed E-state index contributed by atoms with van der Waals surface area (Å²) in [5.41, 5.74) is 1.93. The van der Waals surface area contributed by atoms with Gasteiger partial charge in [-0.15, -0.1) is 0 Å². The molecule has 2 aromatic carbocycles. The average molecular weight is 364 g/mol. The molecule has 0 bridgehead atoms. The summed E-state index contributed by atoms with van der Waals surface area (Å²) in [5, 5.41) is 14.9. The molecular formula is C21H24N4O2. The fraction of sp³-hybridized carbons (Fsp3) is 0.286. The van der Waals surface area contributed by atoms with E-state index in [1.807, 2.05) is 49.4 Å². The van der Waals surface area contributed by atoms with E-state index in [1.165, 1.54) is 6.92 Å². The highest BCUT2D eigenvalue weighted by molar-refractivity contribution is 5.96. The lowest BCUT2D eigenvalue weighted by molar-refractivity contribution is -0.119. The summed E-state index contributed by atoms with van der Waals surface area (Å²) in [6.45, 7) is 4.14. The normalized spacial score (nSPS) is 11.9. The van der Waals surface area contributed by atoms with Gasteiger partial charge in [0.2, 0.25) is 11.8 Å². The number of amides is 2. The molecule has 1 unspecified atom stereocenters. The zero-order valence-corrected chi connectivity index (χ0v) is 15.6. The molecule has 0 aliphatic heterocycles. The monoisotopic (exact) mass is 364 g/mol. The first-order valence-corrected chi connectivity index (χ1v) is 9.09. The lowest BCUT2D eigenvalue weighted by Crippen LogP contribution is -2.22. The number of hydrogen-bond donors (Lipinski definition) is 3. The number of rotatable bonds is 7. The number of fused-ring (bicyclic) bond motifs is 1. The number of H-pyrrole nitrogens is 1. The molecule has 1 heterocycles. The van der Waals surface area contributed by atoms with Crippen molar-refractivity contribution in [3.05, 3.63) is 59.8 Å². The summed E-state index contributed by atoms with van der Waals surface area (Å²) in [7, 11) is 0. The largest absolute Gasteiger partial charge is 0.356 e. The van der Waals surface area contributed by atoms with Gasteiger partial charge < -0.3 is 10.6 Å². The minimum absolute atomic E-state index is 0.0435. The fourth-order valence-electron chi connectivity index (χ4n) is 3.19. The molecule has 140 valence electrons. The lowest BCUT2D eigenvalue weighted by atomic mass is 10.00. The molecule has 0 aliphatic rings. The quantitative estimate of drug-likeness (QED) is 0.601. The Morgan fingerprint density at radius 1 is 1.15 bits per heavy atom. The molecule has 0 fully saturated rings. The molecule has 0 spiro atoms. The second-order valence-electron chi connectivity index (χ2n) is 6.74. The van der Waals surface area contributed by atoms with Crippen LogP contribution in [-0.2, 0) is 16.0 Å². The standard InChI is InChI=1S/C21H24N4O2/c1-14(10-11-22-15(2)26)19-13-23-25-21(19)24-20(27)12-17-8-5-7-16-6-3-4-9-18(16)17/h3-9,13-14H,10-12H2,1-2H3,(H,22,26)(H2,23,24,25,27). The smallest absolute Gasteiger partial charge is 0.229 e. The molecule has 27 heavy (non-hydrogen) atoms. The predicted molar refractivity (Wildman–Crippen MR) is 107 cm³/mol. The van der Waals surface area contributed by atoms with Crippen LogP contribution in [0.5, 0.6) is 0 Å². The number of carbonyl (C=O) groups is 2. The van der Waals surface area contributed by atoms with Crippen LogP contribution in [0.4, 0.5) is 5.82 Å². The van der Waals surface area contributed by atoms with Crippen molar-refractivity contribution in [3.63, 3.8) is 0 Å². The Bertz CT molecular complexity index is 943. The highest BCUT2D eigenvalue weighted by Gasteiger charge is 2.16. The summed E-state index contributed by atoms with van der Waals surface area (Å²) in [5.74, 6) is 0.642. The van der Waals surface area contributed by atoms with E-state index in [0.29, 0.717) is 18.8 Å². The molecule has 0 saturated heterocycles. The van der Waals surface area contributed by atoms with Gasteiger partial charge in [-0.25, -0.2) is 0 Å². The number of nitrogens with one attached hydrogen (secondary N) is 3. The van der Waals surface area contributed by atoms with Gasteiger partial charge in [-0.05, 0) is 28.7 Å². The number of nitrogens with zero attached hydrogens (tertiary/aromatic N) is 1. The van der Waals surface area contributed by atoms with Gasteiger partial charge in [-0.3, -0.25) is 14.7 Å². The zero-order chi connectivity index (χ0) is 19.2. The van der Waals surface area contributed by atoms with Crippen LogP contribution in [-0.4, -0.2) is 28.6 Å². The minimum Gasteiger partial charge on any atom is -0.356 e. The van der Waals surface area contributed by atoms with E-state index in [2.05, 4.69) is 20.8 Å². The van der Waals surface area contributed by atoms with Gasteiger partial charge in [0.25, 0.3) is 0 Å². The van der Waals surface area contributed by atoms with Gasteiger partial charge in [0.1, 0.15) is 5.82 Å². The summed E-state index contributed by atoms with van der Waals surface area (Å²) in [6.07, 6.45) is 2.79. The second kappa shape index (κ2) is 8.49. The van der Waals surface area contributed by atoms with Crippen LogP contribution in [0.1, 0.15) is 37.3 Å². The first kappa shape index (κ1) is 18.6. The van der Waals surface area contributed by atoms with E-state index in [-0.39, 0.29) is 17.7 Å². The maximum atomic E-state index is 12.6. The number of anilines is 1. The lowest BCUT2D eigenvalue weighted by Gasteiger charge is -2.13. The Hall–Kier alpha value is -3.15. The van der Waals surface area contributed by atoms with Gasteiger partial charge >= 0.3 is 0 Å². The van der Waals surface area contributed by atoms with Gasteiger partial charge in [-0.2, -0.15) is 5.10 Å². The SMILES string of the molecule is CC(=O)NCCC(C)c1cn[nH]c1NC(=O)Cc1cccc2ccccc12. The summed E-state index contributed by atoms with van der Waals surface area (Å²) < 4.78 is 0. The van der Waals surface area contributed by atoms with E-state index in [1.54, 1.807) is 6.20 Å². The van der Waals surface area contributed by atoms with E-state index in [9.17, 15) is 9.59 Å². The third-order valence-electron chi connectivity index (χ3n) is 4.65. The number of hydrogen-bond acceptors (Lipinski definition) is 3. The van der Waals surface area contributed by atoms with Crippen LogP contribution in [0.2, 0.25) is 0 Å². The van der Waals surface area contributed by atoms with E-state index in [0.717, 1.165) is 28.3 Å². The second-order valence-corrected chi connectivity index (χ2v) is 6.74. The van der Waals surface area contributed by atoms with Crippen molar-refractivity contribution in [3.8, 4) is 0 Å². The molecule has 6 nitrogen and oxygen atoms in total. The van der Waals surface area contributed by atoms with Crippen molar-refractivity contribution in [2.45, 2.75) is 32.6 Å². The van der Waals surface area contributed by atoms with E-state index >= 15 is 0 Å². The molecular weight excluding hydrogens is 340 g/mol. The van der Waals surface area contributed by atoms with Crippen molar-refractivity contribution < 1.29 is 9.59 Å². The van der Waals surface area contributed by atoms with Crippen LogP contribution in [0, 0.1) is 0 Å². The average Bonchev–Trinajstić information content (AvgIpc) is 3.09. The highest BCUT2D eigenvalue weighted by Crippen LogP contribution is 2.25. The fourth-order valence-corrected chi connectivity index (χ4v) is 3.19. The zero-order valence-electron chi connectivity index (χ0n) is 15.6. The molecule has 1 atom stereocenters. The Balaban J connectivity index is 1.66. The van der Waals surface area contributed by atoms with Crippen molar-refractivity contribution in [2.24, 2.45) is 0 Å². The first-order chi connectivity index (χ1) is 13.0. The van der Waals surface area contributed by atoms with Gasteiger partial charge in [0.15, 0.2) is 0 Å². The maximum Gasteiger partial charge on any atom is 0.229 e. The molecule has 6 heteroatoms. The third kappa shape index (κ3) is 4.73. The van der Waals surface area contributed by atoms with Gasteiger partial charge in [-0.1, -0.05) is 49.4 Å². The van der Waals surface area contributed by atoms with Crippen molar-refractivity contribution in [1.82, 2.24) is 15.5 Å². The number of carbonyl (C=O) groups excluding carboxylic acids is 2. The van der Waals surface area contributed by atoms with Crippen molar-refractivity contribution >= 4 is 28.4 Å². The molecule has 0 saturated carbocycles. The summed E-state index contributed by atoms with van der Waals surface area (Å²) in [6, 6.07) is 14.0. The van der Waals surface area contributed by atoms with Crippen LogP contribution in [0.15, 0.2) is 48.7 Å². The Labute approximate surface area is 158 Å². The Morgan fingerprint density at radius 2 is 1.93 bits per heavy atom. The minimum atomic E-state index is -0.0917. The number of aromatic amines is 1. The molecule has 3 N–H and O–H groups in total. The van der Waals surface area contributed by atoms with Crippen LogP contribution in [0.3, 0.4) is 0 Å². The van der Waals surface area contributed by atoms with Crippen molar-refractivity contribution in [1.29, 1.82) is 0 Å². The number of aromatic nitrogens is 2.